The van der Waals surface area contributed by atoms with Crippen molar-refractivity contribution in [3.05, 3.63) is 53.8 Å². The van der Waals surface area contributed by atoms with Crippen LogP contribution in [0.25, 0.3) is 0 Å². The van der Waals surface area contributed by atoms with E-state index in [4.69, 9.17) is 9.47 Å². The summed E-state index contributed by atoms with van der Waals surface area (Å²) >= 11 is 0. The number of rotatable bonds is 8. The van der Waals surface area contributed by atoms with Gasteiger partial charge in [0, 0.05) is 25.2 Å². The molecule has 27 heavy (non-hydrogen) atoms. The molecule has 2 aromatic rings. The van der Waals surface area contributed by atoms with Gasteiger partial charge in [-0.15, -0.1) is 0 Å². The molecule has 0 radical (unpaired) electrons. The molecule has 1 N–H and O–H groups in total. The molecular weight excluding hydrogens is 351 g/mol. The van der Waals surface area contributed by atoms with Gasteiger partial charge in [-0.25, -0.2) is 4.39 Å². The average Bonchev–Trinajstić information content (AvgIpc) is 2.65. The molecule has 0 bridgehead atoms. The Hall–Kier alpha value is -3.09. The summed E-state index contributed by atoms with van der Waals surface area (Å²) < 4.78 is 24.1. The Morgan fingerprint density at radius 1 is 1.07 bits per heavy atom. The summed E-state index contributed by atoms with van der Waals surface area (Å²) in [5.74, 6) is 0.0968. The second kappa shape index (κ2) is 9.56. The summed E-state index contributed by atoms with van der Waals surface area (Å²) in [5, 5.41) is 2.72. The lowest BCUT2D eigenvalue weighted by molar-refractivity contribution is -0.132. The van der Waals surface area contributed by atoms with Gasteiger partial charge in [-0.2, -0.15) is 0 Å². The zero-order chi connectivity index (χ0) is 19.8. The normalized spacial score (nSPS) is 10.2. The monoisotopic (exact) mass is 374 g/mol. The largest absolute Gasteiger partial charge is 0.493 e. The fourth-order valence-corrected chi connectivity index (χ4v) is 2.59. The molecule has 2 amide bonds. The van der Waals surface area contributed by atoms with Crippen LogP contribution in [0.1, 0.15) is 12.5 Å². The van der Waals surface area contributed by atoms with Crippen molar-refractivity contribution in [1.82, 2.24) is 4.90 Å². The number of anilines is 1. The van der Waals surface area contributed by atoms with Crippen molar-refractivity contribution in [2.75, 3.05) is 32.6 Å². The first-order valence-electron chi connectivity index (χ1n) is 8.45. The average molecular weight is 374 g/mol. The van der Waals surface area contributed by atoms with E-state index in [9.17, 15) is 14.0 Å². The van der Waals surface area contributed by atoms with Crippen LogP contribution in [0.5, 0.6) is 11.5 Å². The van der Waals surface area contributed by atoms with Crippen molar-refractivity contribution in [2.24, 2.45) is 0 Å². The fraction of sp³-hybridized carbons (Fsp3) is 0.300. The van der Waals surface area contributed by atoms with Crippen LogP contribution >= 0.6 is 0 Å². The van der Waals surface area contributed by atoms with Gasteiger partial charge in [0.2, 0.25) is 11.8 Å². The molecule has 0 heterocycles. The van der Waals surface area contributed by atoms with Gasteiger partial charge in [-0.3, -0.25) is 9.59 Å². The molecule has 0 saturated carbocycles. The van der Waals surface area contributed by atoms with Crippen LogP contribution in [-0.2, 0) is 16.0 Å². The summed E-state index contributed by atoms with van der Waals surface area (Å²) in [5.41, 5.74) is 1.03. The minimum Gasteiger partial charge on any atom is -0.493 e. The van der Waals surface area contributed by atoms with Crippen LogP contribution in [0.15, 0.2) is 42.5 Å². The van der Waals surface area contributed by atoms with Gasteiger partial charge in [0.05, 0.1) is 20.8 Å². The first-order chi connectivity index (χ1) is 12.9. The zero-order valence-corrected chi connectivity index (χ0v) is 15.6. The number of ether oxygens (including phenoxy) is 2. The third kappa shape index (κ3) is 5.70. The van der Waals surface area contributed by atoms with Gasteiger partial charge in [-0.1, -0.05) is 18.2 Å². The van der Waals surface area contributed by atoms with Crippen LogP contribution < -0.4 is 14.8 Å². The van der Waals surface area contributed by atoms with Crippen molar-refractivity contribution in [3.8, 4) is 11.5 Å². The van der Waals surface area contributed by atoms with Gasteiger partial charge in [0.15, 0.2) is 11.5 Å². The molecule has 0 saturated heterocycles. The quantitative estimate of drug-likeness (QED) is 0.772. The Bertz CT molecular complexity index is 810. The summed E-state index contributed by atoms with van der Waals surface area (Å²) in [4.78, 5) is 25.5. The van der Waals surface area contributed by atoms with Gasteiger partial charge < -0.3 is 19.7 Å². The third-order valence-electron chi connectivity index (χ3n) is 4.06. The second-order valence-corrected chi connectivity index (χ2v) is 5.90. The Morgan fingerprint density at radius 2 is 1.78 bits per heavy atom. The molecule has 0 unspecified atom stereocenters. The highest BCUT2D eigenvalue weighted by Crippen LogP contribution is 2.29. The first-order valence-corrected chi connectivity index (χ1v) is 8.45. The number of methoxy groups -OCH3 is 2. The van der Waals surface area contributed by atoms with Crippen molar-refractivity contribution < 1.29 is 23.5 Å². The molecule has 0 atom stereocenters. The van der Waals surface area contributed by atoms with E-state index in [1.165, 1.54) is 32.1 Å². The van der Waals surface area contributed by atoms with Crippen LogP contribution in [-0.4, -0.2) is 44.0 Å². The van der Waals surface area contributed by atoms with E-state index in [0.717, 1.165) is 0 Å². The highest BCUT2D eigenvalue weighted by molar-refractivity contribution is 5.94. The van der Waals surface area contributed by atoms with Gasteiger partial charge in [-0.05, 0) is 30.2 Å². The number of benzene rings is 2. The predicted octanol–water partition coefficient (Wildman–Crippen LogP) is 2.87. The molecule has 2 rings (SSSR count). The molecule has 0 fully saturated rings. The van der Waals surface area contributed by atoms with Crippen LogP contribution in [0.3, 0.4) is 0 Å². The molecule has 144 valence electrons. The maximum Gasteiger partial charge on any atom is 0.243 e. The smallest absolute Gasteiger partial charge is 0.243 e. The number of amides is 2. The van der Waals surface area contributed by atoms with E-state index in [1.807, 2.05) is 0 Å². The van der Waals surface area contributed by atoms with Gasteiger partial charge >= 0.3 is 0 Å². The Morgan fingerprint density at radius 3 is 2.41 bits per heavy atom. The molecule has 7 heteroatoms. The van der Waals surface area contributed by atoms with Crippen molar-refractivity contribution >= 4 is 17.5 Å². The number of hydrogen-bond donors (Lipinski definition) is 1. The van der Waals surface area contributed by atoms with E-state index in [-0.39, 0.29) is 30.7 Å². The van der Waals surface area contributed by atoms with Crippen molar-refractivity contribution in [1.29, 1.82) is 0 Å². The maximum absolute atomic E-state index is 13.7. The Labute approximate surface area is 157 Å². The van der Waals surface area contributed by atoms with E-state index in [1.54, 1.807) is 36.4 Å². The SMILES string of the molecule is COc1ccc(NC(=O)CN(CCc2ccccc2F)C(C)=O)cc1OC. The van der Waals surface area contributed by atoms with E-state index < -0.39 is 0 Å². The number of carbonyl (C=O) groups excluding carboxylic acids is 2. The van der Waals surface area contributed by atoms with Crippen LogP contribution in [0.4, 0.5) is 10.1 Å². The van der Waals surface area contributed by atoms with Crippen molar-refractivity contribution in [2.45, 2.75) is 13.3 Å². The van der Waals surface area contributed by atoms with Crippen LogP contribution in [0.2, 0.25) is 0 Å². The molecule has 0 aromatic heterocycles. The molecule has 2 aromatic carbocycles. The third-order valence-corrected chi connectivity index (χ3v) is 4.06. The lowest BCUT2D eigenvalue weighted by Gasteiger charge is -2.21. The summed E-state index contributed by atoms with van der Waals surface area (Å²) in [6.07, 6.45) is 0.329. The van der Waals surface area contributed by atoms with Gasteiger partial charge in [0.1, 0.15) is 5.82 Å². The lowest BCUT2D eigenvalue weighted by atomic mass is 10.1. The molecule has 0 aliphatic carbocycles. The molecule has 6 nitrogen and oxygen atoms in total. The standard InChI is InChI=1S/C20H23FN2O4/c1-14(24)23(11-10-15-6-4-5-7-17(15)21)13-20(25)22-16-8-9-18(26-2)19(12-16)27-3/h4-9,12H,10-11,13H2,1-3H3,(H,22,25). The fourth-order valence-electron chi connectivity index (χ4n) is 2.59. The molecular formula is C20H23FN2O4. The molecule has 0 aliphatic heterocycles. The minimum absolute atomic E-state index is 0.127. The Balaban J connectivity index is 1.98. The second-order valence-electron chi connectivity index (χ2n) is 5.90. The number of carbonyl (C=O) groups is 2. The summed E-state index contributed by atoms with van der Waals surface area (Å²) in [7, 11) is 3.03. The topological polar surface area (TPSA) is 67.9 Å². The minimum atomic E-state index is -0.356. The molecule has 0 aliphatic rings. The highest BCUT2D eigenvalue weighted by atomic mass is 19.1. The van der Waals surface area contributed by atoms with E-state index in [0.29, 0.717) is 29.2 Å². The predicted molar refractivity (Wildman–Crippen MR) is 101 cm³/mol. The highest BCUT2D eigenvalue weighted by Gasteiger charge is 2.15. The van der Waals surface area contributed by atoms with Gasteiger partial charge in [0.25, 0.3) is 0 Å². The van der Waals surface area contributed by atoms with E-state index >= 15 is 0 Å². The van der Waals surface area contributed by atoms with Crippen LogP contribution in [0, 0.1) is 5.82 Å². The number of nitrogens with one attached hydrogen (secondary N) is 1. The number of hydrogen-bond acceptors (Lipinski definition) is 4. The lowest BCUT2D eigenvalue weighted by Crippen LogP contribution is -2.38. The molecule has 0 spiro atoms. The number of halogens is 1. The Kier molecular flexibility index (Phi) is 7.16. The van der Waals surface area contributed by atoms with E-state index in [2.05, 4.69) is 5.32 Å². The maximum atomic E-state index is 13.7. The first kappa shape index (κ1) is 20.2. The summed E-state index contributed by atoms with van der Waals surface area (Å²) in [6, 6.07) is 11.4. The zero-order valence-electron chi connectivity index (χ0n) is 15.6. The summed E-state index contributed by atoms with van der Waals surface area (Å²) in [6.45, 7) is 1.50. The number of nitrogens with zero attached hydrogens (tertiary/aromatic N) is 1. The van der Waals surface area contributed by atoms with Crippen molar-refractivity contribution in [3.63, 3.8) is 0 Å².